The third kappa shape index (κ3) is 4.53. The number of aromatic amines is 1. The van der Waals surface area contributed by atoms with Crippen LogP contribution >= 0.6 is 11.9 Å². The normalized spacial score (nSPS) is 13.3. The van der Waals surface area contributed by atoms with Crippen molar-refractivity contribution in [3.8, 4) is 0 Å². The molecule has 1 aliphatic carbocycles. The van der Waals surface area contributed by atoms with Crippen molar-refractivity contribution >= 4 is 40.3 Å². The minimum absolute atomic E-state index is 0.0341. The van der Waals surface area contributed by atoms with Crippen LogP contribution in [0, 0.1) is 35.0 Å². The first-order chi connectivity index (χ1) is 16.8. The maximum atomic E-state index is 15.3. The molecule has 0 atom stereocenters. The number of H-pyrrole nitrogens is 1. The van der Waals surface area contributed by atoms with Gasteiger partial charge >= 0.3 is 0 Å². The summed E-state index contributed by atoms with van der Waals surface area (Å²) in [6.45, 7) is 0.644. The van der Waals surface area contributed by atoms with Crippen LogP contribution in [0.5, 0.6) is 0 Å². The van der Waals surface area contributed by atoms with Crippen LogP contribution in [-0.4, -0.2) is 27.3 Å². The van der Waals surface area contributed by atoms with Crippen LogP contribution in [0.15, 0.2) is 41.7 Å². The molecule has 2 aromatic carbocycles. The van der Waals surface area contributed by atoms with Crippen molar-refractivity contribution in [3.05, 3.63) is 77.0 Å². The van der Waals surface area contributed by atoms with E-state index in [1.807, 2.05) is 0 Å². The number of rotatable bonds is 8. The summed E-state index contributed by atoms with van der Waals surface area (Å²) in [4.78, 5) is 24.0. The molecule has 180 valence electrons. The summed E-state index contributed by atoms with van der Waals surface area (Å²) in [6.07, 6.45) is 4.78. The monoisotopic (exact) mass is 505 g/mol. The highest BCUT2D eigenvalue weighted by molar-refractivity contribution is 8.00. The smallest absolute Gasteiger partial charge is 0.201 e. The van der Waals surface area contributed by atoms with Gasteiger partial charge in [0, 0.05) is 18.8 Å². The van der Waals surface area contributed by atoms with E-state index >= 15 is 4.39 Å². The molecule has 1 aliphatic rings. The van der Waals surface area contributed by atoms with E-state index in [1.54, 1.807) is 0 Å². The quantitative estimate of drug-likeness (QED) is 0.121. The summed E-state index contributed by atoms with van der Waals surface area (Å²) in [5, 5.41) is 3.46. The van der Waals surface area contributed by atoms with E-state index in [4.69, 9.17) is 0 Å². The van der Waals surface area contributed by atoms with Gasteiger partial charge in [0.25, 0.3) is 0 Å². The number of anilines is 2. The fourth-order valence-corrected chi connectivity index (χ4v) is 4.20. The molecule has 1 saturated carbocycles. The molecule has 2 aromatic heterocycles. The van der Waals surface area contributed by atoms with E-state index in [9.17, 15) is 22.4 Å². The van der Waals surface area contributed by atoms with Crippen LogP contribution < -0.4 is 10.0 Å². The Morgan fingerprint density at radius 1 is 1.03 bits per heavy atom. The number of aromatic nitrogens is 3. The highest BCUT2D eigenvalue weighted by Crippen LogP contribution is 2.33. The molecule has 2 heterocycles. The number of ketones is 1. The van der Waals surface area contributed by atoms with Crippen molar-refractivity contribution in [2.45, 2.75) is 17.7 Å². The molecular weight excluding hydrogens is 489 g/mol. The molecule has 12 heteroatoms. The molecule has 0 bridgehead atoms. The summed E-state index contributed by atoms with van der Waals surface area (Å²) in [7, 11) is 0. The third-order valence-corrected chi connectivity index (χ3v) is 6.39. The Morgan fingerprint density at radius 3 is 2.57 bits per heavy atom. The minimum Gasteiger partial charge on any atom is -0.369 e. The van der Waals surface area contributed by atoms with E-state index in [-0.39, 0.29) is 16.1 Å². The highest BCUT2D eigenvalue weighted by Gasteiger charge is 2.27. The number of hydrogen-bond acceptors (Lipinski definition) is 6. The lowest BCUT2D eigenvalue weighted by Gasteiger charge is -2.12. The Labute approximate surface area is 199 Å². The van der Waals surface area contributed by atoms with Gasteiger partial charge in [0.05, 0.1) is 27.1 Å². The van der Waals surface area contributed by atoms with E-state index < -0.39 is 40.4 Å². The molecule has 0 unspecified atom stereocenters. The first kappa shape index (κ1) is 23.1. The first-order valence-corrected chi connectivity index (χ1v) is 11.3. The van der Waals surface area contributed by atoms with Crippen molar-refractivity contribution in [1.82, 2.24) is 15.0 Å². The number of nitrogens with one attached hydrogen (secondary N) is 3. The van der Waals surface area contributed by atoms with Crippen LogP contribution in [0.4, 0.5) is 33.5 Å². The van der Waals surface area contributed by atoms with Crippen LogP contribution in [0.3, 0.4) is 0 Å². The van der Waals surface area contributed by atoms with Crippen LogP contribution in [0.25, 0.3) is 11.0 Å². The molecule has 0 aliphatic heterocycles. The second-order valence-electron chi connectivity index (χ2n) is 7.99. The molecule has 6 nitrogen and oxygen atoms in total. The van der Waals surface area contributed by atoms with Crippen molar-refractivity contribution in [1.29, 1.82) is 0 Å². The number of hydrogen-bond donors (Lipinski definition) is 3. The van der Waals surface area contributed by atoms with E-state index in [1.165, 1.54) is 12.5 Å². The zero-order valence-electron chi connectivity index (χ0n) is 17.8. The number of benzene rings is 2. The van der Waals surface area contributed by atoms with Crippen molar-refractivity contribution < 1.29 is 26.7 Å². The number of nitrogens with zero attached hydrogens (tertiary/aromatic N) is 2. The Kier molecular flexibility index (Phi) is 6.05. The van der Waals surface area contributed by atoms with Gasteiger partial charge < -0.3 is 15.0 Å². The molecular formula is C23H16F5N5OS. The molecule has 3 N–H and O–H groups in total. The fraction of sp³-hybridized carbons (Fsp3) is 0.174. The lowest BCUT2D eigenvalue weighted by atomic mass is 10.0. The molecule has 1 fully saturated rings. The Hall–Kier alpha value is -3.67. The van der Waals surface area contributed by atoms with Gasteiger partial charge in [-0.1, -0.05) is 0 Å². The summed E-state index contributed by atoms with van der Waals surface area (Å²) in [5.41, 5.74) is -0.916. The average Bonchev–Trinajstić information content (AvgIpc) is 3.56. The van der Waals surface area contributed by atoms with Crippen molar-refractivity contribution in [3.63, 3.8) is 0 Å². The zero-order valence-corrected chi connectivity index (χ0v) is 18.6. The largest absolute Gasteiger partial charge is 0.369 e. The van der Waals surface area contributed by atoms with E-state index in [0.717, 1.165) is 25.0 Å². The maximum Gasteiger partial charge on any atom is 0.201 e. The van der Waals surface area contributed by atoms with Gasteiger partial charge in [-0.25, -0.2) is 31.9 Å². The van der Waals surface area contributed by atoms with E-state index in [0.29, 0.717) is 53.4 Å². The van der Waals surface area contributed by atoms with Gasteiger partial charge in [0.15, 0.2) is 17.5 Å². The second kappa shape index (κ2) is 9.17. The van der Waals surface area contributed by atoms with Gasteiger partial charge in [-0.15, -0.1) is 0 Å². The molecule has 4 aromatic rings. The summed E-state index contributed by atoms with van der Waals surface area (Å²) in [6, 6.07) is 2.83. The second-order valence-corrected chi connectivity index (χ2v) is 8.83. The lowest BCUT2D eigenvalue weighted by Crippen LogP contribution is -2.11. The predicted octanol–water partition coefficient (Wildman–Crippen LogP) is 5.83. The number of carbonyl (C=O) groups is 1. The predicted molar refractivity (Wildman–Crippen MR) is 121 cm³/mol. The standard InChI is InChI=1S/C23H16F5N5OS/c24-12-3-4-16(33-35-17-6-14(26)13(25)5-15(17)27)20(28)19(12)21(34)11-8-30-23-18(11)22(31-9-32-23)29-7-10-1-2-10/h3-6,8-10,33H,1-2,7H2,(H2,29,30,31,32). The molecule has 0 spiro atoms. The van der Waals surface area contributed by atoms with Crippen molar-refractivity contribution in [2.75, 3.05) is 16.6 Å². The molecule has 5 rings (SSSR count). The maximum absolute atomic E-state index is 15.3. The van der Waals surface area contributed by atoms with Crippen molar-refractivity contribution in [2.24, 2.45) is 5.92 Å². The lowest BCUT2D eigenvalue weighted by molar-refractivity contribution is 0.103. The Balaban J connectivity index is 1.46. The summed E-state index contributed by atoms with van der Waals surface area (Å²) in [5.74, 6) is -6.17. The Morgan fingerprint density at radius 2 is 1.80 bits per heavy atom. The van der Waals surface area contributed by atoms with Gasteiger partial charge in [-0.3, -0.25) is 4.79 Å². The summed E-state index contributed by atoms with van der Waals surface area (Å²) < 4.78 is 72.8. The Bertz CT molecular complexity index is 1460. The fourth-order valence-electron chi connectivity index (χ4n) is 3.51. The van der Waals surface area contributed by atoms with Gasteiger partial charge in [0.2, 0.25) is 5.78 Å². The molecule has 0 radical (unpaired) electrons. The van der Waals surface area contributed by atoms with Gasteiger partial charge in [0.1, 0.15) is 29.4 Å². The number of carbonyl (C=O) groups excluding carboxylic acids is 1. The van der Waals surface area contributed by atoms with Crippen LogP contribution in [0.1, 0.15) is 28.8 Å². The average molecular weight is 505 g/mol. The van der Waals surface area contributed by atoms with Crippen LogP contribution in [0.2, 0.25) is 0 Å². The van der Waals surface area contributed by atoms with E-state index in [2.05, 4.69) is 25.0 Å². The van der Waals surface area contributed by atoms with Gasteiger partial charge in [-0.2, -0.15) is 0 Å². The molecule has 0 amide bonds. The number of halogens is 5. The number of fused-ring (bicyclic) bond motifs is 1. The van der Waals surface area contributed by atoms with Crippen LogP contribution in [-0.2, 0) is 0 Å². The summed E-state index contributed by atoms with van der Waals surface area (Å²) >= 11 is 0.440. The van der Waals surface area contributed by atoms with Gasteiger partial charge in [-0.05, 0) is 48.9 Å². The topological polar surface area (TPSA) is 82.7 Å². The SMILES string of the molecule is O=C(c1c(F)ccc(NSc2cc(F)c(F)cc2F)c1F)c1c[nH]c2ncnc(NCC3CC3)c12. The first-order valence-electron chi connectivity index (χ1n) is 10.5. The third-order valence-electron chi connectivity index (χ3n) is 5.53. The highest BCUT2D eigenvalue weighted by atomic mass is 32.2. The molecule has 35 heavy (non-hydrogen) atoms. The zero-order chi connectivity index (χ0) is 24.7. The minimum atomic E-state index is -1.37. The molecule has 0 saturated heterocycles.